The van der Waals surface area contributed by atoms with E-state index in [1.807, 2.05) is 83.6 Å². The molecule has 62 heavy (non-hydrogen) atoms. The smallest absolute Gasteiger partial charge is 0.149 e. The molecular weight excluding hydrogens is 755 g/mol. The first-order chi connectivity index (χ1) is 30.9. The standard InChI is InChI=1S/C58H53N3O/c1-37-21-23-39(24-22-37)42-29-30-59-51(35-42)44-32-43(33-46(34-44)58(6,7)8)47-18-14-19-52-55(47)60-56(48-17-12-13-20-54(48)62)61(52)53-31-38(2)49(40-15-10-9-11-16-40)36-50(53)41-25-27-45(28-26-41)57(3,4)5/h9-36,62H,1-8H3/i2D3. The number of phenolic OH excluding ortho intramolecular Hbond substituents is 1. The second-order valence-electron chi connectivity index (χ2n) is 18.4. The van der Waals surface area contributed by atoms with Crippen LogP contribution in [0.25, 0.3) is 83.9 Å². The quantitative estimate of drug-likeness (QED) is 0.174. The molecule has 7 aromatic carbocycles. The minimum Gasteiger partial charge on any atom is -0.507 e. The SMILES string of the molecule is [2H]C([2H])([2H])c1cc(-n2c(-c3ccccc3O)nc3c(-c4cc(-c5cc(-c6ccc(C)cc6)ccn5)cc(C(C)(C)C)c4)cccc32)c(-c2ccc(C(C)(C)C)cc2)cc1-c1ccccc1. The Labute approximate surface area is 370 Å². The van der Waals surface area contributed by atoms with Crippen LogP contribution >= 0.6 is 0 Å². The fourth-order valence-corrected chi connectivity index (χ4v) is 8.31. The summed E-state index contributed by atoms with van der Waals surface area (Å²) in [5.41, 5.74) is 15.2. The van der Waals surface area contributed by atoms with E-state index in [2.05, 4.69) is 127 Å². The minimum absolute atomic E-state index is 0.0650. The third-order valence-corrected chi connectivity index (χ3v) is 11.9. The van der Waals surface area contributed by atoms with Crippen molar-refractivity contribution in [1.82, 2.24) is 14.5 Å². The molecule has 0 atom stereocenters. The molecule has 0 fully saturated rings. The summed E-state index contributed by atoms with van der Waals surface area (Å²) in [4.78, 5) is 10.4. The predicted octanol–water partition coefficient (Wildman–Crippen LogP) is 15.3. The Morgan fingerprint density at radius 3 is 1.89 bits per heavy atom. The second-order valence-corrected chi connectivity index (χ2v) is 18.4. The van der Waals surface area contributed by atoms with Crippen molar-refractivity contribution in [3.05, 3.63) is 192 Å². The number of pyridine rings is 1. The molecule has 4 heteroatoms. The van der Waals surface area contributed by atoms with E-state index in [-0.39, 0.29) is 22.1 Å². The minimum atomic E-state index is -2.46. The van der Waals surface area contributed by atoms with Gasteiger partial charge in [0.2, 0.25) is 0 Å². The molecule has 0 amide bonds. The zero-order valence-electron chi connectivity index (χ0n) is 39.5. The fourth-order valence-electron chi connectivity index (χ4n) is 8.31. The number of benzene rings is 7. The highest BCUT2D eigenvalue weighted by Gasteiger charge is 2.25. The Morgan fingerprint density at radius 2 is 1.18 bits per heavy atom. The first kappa shape index (κ1) is 36.8. The zero-order valence-corrected chi connectivity index (χ0v) is 36.5. The van der Waals surface area contributed by atoms with Gasteiger partial charge in [0.15, 0.2) is 0 Å². The predicted molar refractivity (Wildman–Crippen MR) is 260 cm³/mol. The number of aromatic nitrogens is 3. The molecule has 0 saturated carbocycles. The van der Waals surface area contributed by atoms with Crippen LogP contribution in [0.5, 0.6) is 5.75 Å². The normalized spacial score (nSPS) is 12.9. The number of nitrogens with zero attached hydrogens (tertiary/aromatic N) is 3. The summed E-state index contributed by atoms with van der Waals surface area (Å²) < 4.78 is 28.8. The second kappa shape index (κ2) is 15.8. The summed E-state index contributed by atoms with van der Waals surface area (Å²) in [6.45, 7) is 12.9. The number of rotatable bonds is 7. The molecule has 0 aliphatic rings. The lowest BCUT2D eigenvalue weighted by molar-refractivity contribution is 0.477. The van der Waals surface area contributed by atoms with E-state index < -0.39 is 6.85 Å². The van der Waals surface area contributed by atoms with Gasteiger partial charge in [-0.3, -0.25) is 9.55 Å². The zero-order chi connectivity index (χ0) is 45.8. The van der Waals surface area contributed by atoms with Crippen LogP contribution in [-0.2, 0) is 10.8 Å². The number of aromatic hydroxyl groups is 1. The van der Waals surface area contributed by atoms with Gasteiger partial charge >= 0.3 is 0 Å². The highest BCUT2D eigenvalue weighted by Crippen LogP contribution is 2.43. The van der Waals surface area contributed by atoms with Gasteiger partial charge in [-0.2, -0.15) is 0 Å². The van der Waals surface area contributed by atoms with Gasteiger partial charge in [-0.25, -0.2) is 4.98 Å². The van der Waals surface area contributed by atoms with Crippen LogP contribution < -0.4 is 0 Å². The molecule has 0 unspecified atom stereocenters. The first-order valence-corrected chi connectivity index (χ1v) is 21.3. The third-order valence-electron chi connectivity index (χ3n) is 11.9. The first-order valence-electron chi connectivity index (χ1n) is 22.8. The van der Waals surface area contributed by atoms with Crippen LogP contribution in [0.1, 0.15) is 67.9 Å². The van der Waals surface area contributed by atoms with Crippen molar-refractivity contribution < 1.29 is 9.22 Å². The molecule has 9 aromatic rings. The number of phenols is 1. The van der Waals surface area contributed by atoms with E-state index >= 15 is 0 Å². The molecule has 0 spiro atoms. The van der Waals surface area contributed by atoms with Crippen molar-refractivity contribution in [3.63, 3.8) is 0 Å². The molecule has 306 valence electrons. The third kappa shape index (κ3) is 7.74. The van der Waals surface area contributed by atoms with Gasteiger partial charge in [0.05, 0.1) is 28.0 Å². The van der Waals surface area contributed by atoms with E-state index in [1.54, 1.807) is 12.1 Å². The maximum absolute atomic E-state index is 11.6. The maximum atomic E-state index is 11.6. The number of hydrogen-bond donors (Lipinski definition) is 1. The number of hydrogen-bond acceptors (Lipinski definition) is 3. The average Bonchev–Trinajstić information content (AvgIpc) is 3.68. The summed E-state index contributed by atoms with van der Waals surface area (Å²) in [6.07, 6.45) is 1.87. The largest absolute Gasteiger partial charge is 0.507 e. The highest BCUT2D eigenvalue weighted by atomic mass is 16.3. The molecule has 2 heterocycles. The van der Waals surface area contributed by atoms with Crippen molar-refractivity contribution in [2.45, 2.75) is 66.1 Å². The van der Waals surface area contributed by atoms with E-state index in [4.69, 9.17) is 14.1 Å². The molecule has 4 nitrogen and oxygen atoms in total. The molecule has 9 rings (SSSR count). The molecule has 0 aliphatic heterocycles. The summed E-state index contributed by atoms with van der Waals surface area (Å²) in [6, 6.07) is 54.8. The number of para-hydroxylation sites is 2. The lowest BCUT2D eigenvalue weighted by Gasteiger charge is -2.22. The summed E-state index contributed by atoms with van der Waals surface area (Å²) in [7, 11) is 0. The van der Waals surface area contributed by atoms with Crippen LogP contribution in [0.2, 0.25) is 0 Å². The van der Waals surface area contributed by atoms with E-state index in [0.29, 0.717) is 28.2 Å². The van der Waals surface area contributed by atoms with E-state index in [0.717, 1.165) is 61.3 Å². The van der Waals surface area contributed by atoms with Gasteiger partial charge in [0, 0.05) is 27.0 Å². The molecular formula is C58H53N3O. The number of aryl methyl sites for hydroxylation is 2. The number of fused-ring (bicyclic) bond motifs is 1. The number of imidazole rings is 1. The molecule has 0 saturated heterocycles. The molecule has 0 aliphatic carbocycles. The Morgan fingerprint density at radius 1 is 0.516 bits per heavy atom. The van der Waals surface area contributed by atoms with E-state index in [9.17, 15) is 5.11 Å². The van der Waals surface area contributed by atoms with Crippen molar-refractivity contribution in [3.8, 4) is 78.6 Å². The average molecular weight is 811 g/mol. The Bertz CT molecular complexity index is 3210. The molecule has 0 radical (unpaired) electrons. The van der Waals surface area contributed by atoms with Crippen molar-refractivity contribution >= 4 is 11.0 Å². The maximum Gasteiger partial charge on any atom is 0.149 e. The van der Waals surface area contributed by atoms with Crippen LogP contribution in [-0.4, -0.2) is 19.6 Å². The van der Waals surface area contributed by atoms with Crippen LogP contribution in [0.3, 0.4) is 0 Å². The van der Waals surface area contributed by atoms with Crippen LogP contribution in [0, 0.1) is 13.8 Å². The van der Waals surface area contributed by atoms with E-state index in [1.165, 1.54) is 11.1 Å². The van der Waals surface area contributed by atoms with Crippen LogP contribution in [0.15, 0.2) is 170 Å². The van der Waals surface area contributed by atoms with Gasteiger partial charge in [-0.1, -0.05) is 156 Å². The van der Waals surface area contributed by atoms with Crippen molar-refractivity contribution in [1.29, 1.82) is 0 Å². The lowest BCUT2D eigenvalue weighted by Crippen LogP contribution is -2.11. The van der Waals surface area contributed by atoms with Gasteiger partial charge < -0.3 is 5.11 Å². The molecule has 2 aromatic heterocycles. The fraction of sp³-hybridized carbons (Fsp3) is 0.172. The Kier molecular flexibility index (Phi) is 9.36. The van der Waals surface area contributed by atoms with Gasteiger partial charge in [0.25, 0.3) is 0 Å². The highest BCUT2D eigenvalue weighted by molar-refractivity contribution is 5.98. The lowest BCUT2D eigenvalue weighted by atomic mass is 9.83. The summed E-state index contributed by atoms with van der Waals surface area (Å²) in [5.74, 6) is 0.553. The van der Waals surface area contributed by atoms with Crippen molar-refractivity contribution in [2.75, 3.05) is 0 Å². The van der Waals surface area contributed by atoms with Crippen molar-refractivity contribution in [2.24, 2.45) is 0 Å². The van der Waals surface area contributed by atoms with Gasteiger partial charge in [0.1, 0.15) is 11.6 Å². The molecule has 1 N–H and O–H groups in total. The summed E-state index contributed by atoms with van der Waals surface area (Å²) in [5, 5.41) is 11.6. The summed E-state index contributed by atoms with van der Waals surface area (Å²) >= 11 is 0. The topological polar surface area (TPSA) is 50.9 Å². The monoisotopic (exact) mass is 810 g/mol. The van der Waals surface area contributed by atoms with Gasteiger partial charge in [-0.05, 0) is 129 Å². The molecule has 0 bridgehead atoms. The van der Waals surface area contributed by atoms with Gasteiger partial charge in [-0.15, -0.1) is 0 Å². The van der Waals surface area contributed by atoms with Crippen LogP contribution in [0.4, 0.5) is 0 Å². The Balaban J connectivity index is 1.34. The Hall–Kier alpha value is -7.04.